The van der Waals surface area contributed by atoms with Crippen LogP contribution in [0.3, 0.4) is 0 Å². The van der Waals surface area contributed by atoms with Crippen LogP contribution in [0.25, 0.3) is 0 Å². The molecule has 4 atom stereocenters. The van der Waals surface area contributed by atoms with Crippen LogP contribution in [0.4, 0.5) is 22.0 Å². The maximum Gasteiger partial charge on any atom is 0.417 e. The fourth-order valence-electron chi connectivity index (χ4n) is 3.95. The van der Waals surface area contributed by atoms with E-state index in [0.717, 1.165) is 45.4 Å². The first-order valence-electron chi connectivity index (χ1n) is 9.79. The molecule has 1 aromatic carbocycles. The van der Waals surface area contributed by atoms with E-state index < -0.39 is 64.6 Å². The molecule has 3 N–H and O–H groups in total. The smallest absolute Gasteiger partial charge is 0.417 e. The molecule has 0 unspecified atom stereocenters. The quantitative estimate of drug-likeness (QED) is 0.506. The molecular formula is C21H20F5N3O5. The molecule has 0 bridgehead atoms. The van der Waals surface area contributed by atoms with Gasteiger partial charge in [0, 0.05) is 23.6 Å². The van der Waals surface area contributed by atoms with E-state index in [-0.39, 0.29) is 10.9 Å². The number of nitrogens with zero attached hydrogens (tertiary/aromatic N) is 2. The highest BCUT2D eigenvalue weighted by Gasteiger charge is 2.65. The van der Waals surface area contributed by atoms with Crippen molar-refractivity contribution in [1.29, 1.82) is 0 Å². The molecule has 13 heteroatoms. The third kappa shape index (κ3) is 4.11. The van der Waals surface area contributed by atoms with Gasteiger partial charge in [-0.15, -0.1) is 0 Å². The number of rotatable bonds is 4. The summed E-state index contributed by atoms with van der Waals surface area (Å²) in [5.41, 5.74) is 1.61. The van der Waals surface area contributed by atoms with Gasteiger partial charge in [0.2, 0.25) is 5.82 Å². The summed E-state index contributed by atoms with van der Waals surface area (Å²) in [6, 6.07) is 3.76. The largest absolute Gasteiger partial charge is 0.493 e. The van der Waals surface area contributed by atoms with E-state index in [1.54, 1.807) is 0 Å². The Labute approximate surface area is 189 Å². The molecule has 8 nitrogen and oxygen atoms in total. The van der Waals surface area contributed by atoms with Gasteiger partial charge in [0.1, 0.15) is 11.8 Å². The number of amides is 2. The summed E-state index contributed by atoms with van der Waals surface area (Å²) in [6.07, 6.45) is -5.86. The van der Waals surface area contributed by atoms with Gasteiger partial charge in [-0.2, -0.15) is 22.3 Å². The van der Waals surface area contributed by atoms with E-state index in [1.165, 1.54) is 0 Å². The van der Waals surface area contributed by atoms with Crippen molar-refractivity contribution in [2.45, 2.75) is 37.6 Å². The number of nitrogens with two attached hydrogens (primary N) is 1. The van der Waals surface area contributed by atoms with Gasteiger partial charge >= 0.3 is 6.18 Å². The van der Waals surface area contributed by atoms with E-state index in [9.17, 15) is 36.7 Å². The van der Waals surface area contributed by atoms with Crippen LogP contribution in [0.1, 0.15) is 35.8 Å². The van der Waals surface area contributed by atoms with Crippen molar-refractivity contribution in [3.05, 3.63) is 58.7 Å². The number of alkyl halides is 3. The number of carbonyl (C=O) groups excluding carboxylic acids is 2. The lowest BCUT2D eigenvalue weighted by Crippen LogP contribution is -2.47. The molecule has 1 fully saturated rings. The van der Waals surface area contributed by atoms with Crippen molar-refractivity contribution in [2.75, 3.05) is 7.11 Å². The number of aromatic nitrogens is 1. The number of hydrogen-bond donors (Lipinski definition) is 2. The SMILES string of the molecule is COc1c([C@H]2[C@@H](C)[C@@](C)(C(F)(F)F)O[C@H]2C(=O)N=c2ccn(O)c(C(N)=O)c2)ccc(F)c1F. The van der Waals surface area contributed by atoms with Gasteiger partial charge in [0.15, 0.2) is 17.2 Å². The Morgan fingerprint density at radius 2 is 1.91 bits per heavy atom. The number of hydrogen-bond acceptors (Lipinski definition) is 5. The van der Waals surface area contributed by atoms with Crippen LogP contribution < -0.4 is 15.8 Å². The van der Waals surface area contributed by atoms with Crippen molar-refractivity contribution < 1.29 is 46.2 Å². The number of halogens is 5. The molecule has 0 spiro atoms. The van der Waals surface area contributed by atoms with Gasteiger partial charge in [0.05, 0.1) is 12.5 Å². The van der Waals surface area contributed by atoms with Crippen LogP contribution in [0.5, 0.6) is 5.75 Å². The minimum absolute atomic E-state index is 0.211. The minimum atomic E-state index is -4.93. The summed E-state index contributed by atoms with van der Waals surface area (Å²) < 4.78 is 80.4. The van der Waals surface area contributed by atoms with Crippen LogP contribution in [-0.2, 0) is 9.53 Å². The molecule has 0 aliphatic carbocycles. The Morgan fingerprint density at radius 1 is 1.26 bits per heavy atom. The molecule has 2 amide bonds. The molecule has 1 aliphatic heterocycles. The average molecular weight is 489 g/mol. The molecule has 0 radical (unpaired) electrons. The topological polar surface area (TPSA) is 116 Å². The third-order valence-electron chi connectivity index (χ3n) is 5.97. The standard InChI is InChI=1S/C21H20F5N3O5/c1-9-14(11-4-5-12(22)15(23)16(11)33-3)17(34-20(9,2)21(24,25)26)19(31)28-10-6-7-29(32)13(8-10)18(27)30/h4-9,14,17,32H,1-3H3,(H2,27,30)/t9-,14-,17-,20+/m1/s1. The Bertz CT molecular complexity index is 1210. The van der Waals surface area contributed by atoms with Crippen LogP contribution in [-0.4, -0.2) is 46.7 Å². The second-order valence-electron chi connectivity index (χ2n) is 7.87. The van der Waals surface area contributed by atoms with Crippen molar-refractivity contribution in [2.24, 2.45) is 16.6 Å². The van der Waals surface area contributed by atoms with E-state index in [4.69, 9.17) is 15.2 Å². The summed E-state index contributed by atoms with van der Waals surface area (Å²) in [5.74, 6) is -8.53. The predicted molar refractivity (Wildman–Crippen MR) is 105 cm³/mol. The predicted octanol–water partition coefficient (Wildman–Crippen LogP) is 2.68. The first kappa shape index (κ1) is 25.1. The normalized spacial score (nSPS) is 25.4. The Hall–Kier alpha value is -3.48. The van der Waals surface area contributed by atoms with Gasteiger partial charge in [-0.25, -0.2) is 9.38 Å². The second kappa shape index (κ2) is 8.70. The Kier molecular flexibility index (Phi) is 6.44. The van der Waals surface area contributed by atoms with E-state index in [1.807, 2.05) is 0 Å². The van der Waals surface area contributed by atoms with E-state index in [2.05, 4.69) is 4.99 Å². The van der Waals surface area contributed by atoms with Crippen molar-refractivity contribution >= 4 is 11.8 Å². The summed E-state index contributed by atoms with van der Waals surface area (Å²) in [5, 5.41) is 9.39. The number of benzene rings is 1. The fourth-order valence-corrected chi connectivity index (χ4v) is 3.95. The summed E-state index contributed by atoms with van der Waals surface area (Å²) in [6.45, 7) is 1.90. The minimum Gasteiger partial charge on any atom is -0.493 e. The molecule has 2 heterocycles. The molecule has 34 heavy (non-hydrogen) atoms. The number of pyridine rings is 1. The van der Waals surface area contributed by atoms with Crippen LogP contribution in [0, 0.1) is 17.6 Å². The Morgan fingerprint density at radius 3 is 2.47 bits per heavy atom. The lowest BCUT2D eigenvalue weighted by Gasteiger charge is -2.32. The van der Waals surface area contributed by atoms with Gasteiger partial charge < -0.3 is 20.4 Å². The first-order valence-corrected chi connectivity index (χ1v) is 9.79. The number of carbonyl (C=O) groups is 2. The van der Waals surface area contributed by atoms with E-state index in [0.29, 0.717) is 10.8 Å². The molecule has 1 aromatic heterocycles. The lowest BCUT2D eigenvalue weighted by molar-refractivity contribution is -0.272. The zero-order valence-electron chi connectivity index (χ0n) is 18.1. The maximum absolute atomic E-state index is 14.4. The number of ether oxygens (including phenoxy) is 2. The second-order valence-corrected chi connectivity index (χ2v) is 7.87. The monoisotopic (exact) mass is 489 g/mol. The summed E-state index contributed by atoms with van der Waals surface area (Å²) in [7, 11) is 1.01. The summed E-state index contributed by atoms with van der Waals surface area (Å²) >= 11 is 0. The third-order valence-corrected chi connectivity index (χ3v) is 5.97. The molecule has 184 valence electrons. The molecule has 1 saturated heterocycles. The van der Waals surface area contributed by atoms with Gasteiger partial charge in [0.25, 0.3) is 11.8 Å². The van der Waals surface area contributed by atoms with Crippen molar-refractivity contribution in [3.8, 4) is 5.75 Å². The highest BCUT2D eigenvalue weighted by atomic mass is 19.4. The van der Waals surface area contributed by atoms with Crippen molar-refractivity contribution in [3.63, 3.8) is 0 Å². The molecule has 1 aliphatic rings. The lowest BCUT2D eigenvalue weighted by atomic mass is 9.77. The van der Waals surface area contributed by atoms with Crippen molar-refractivity contribution in [1.82, 2.24) is 4.73 Å². The fraction of sp³-hybridized carbons (Fsp3) is 0.381. The molecule has 0 saturated carbocycles. The van der Waals surface area contributed by atoms with Crippen LogP contribution >= 0.6 is 0 Å². The van der Waals surface area contributed by atoms with Gasteiger partial charge in [-0.3, -0.25) is 9.59 Å². The van der Waals surface area contributed by atoms with Crippen LogP contribution in [0.15, 0.2) is 35.5 Å². The van der Waals surface area contributed by atoms with Gasteiger partial charge in [-0.05, 0) is 25.1 Å². The maximum atomic E-state index is 14.4. The number of primary amides is 1. The zero-order valence-corrected chi connectivity index (χ0v) is 18.1. The van der Waals surface area contributed by atoms with E-state index >= 15 is 0 Å². The number of methoxy groups -OCH3 is 1. The zero-order chi connectivity index (χ0) is 25.6. The van der Waals surface area contributed by atoms with Crippen LogP contribution in [0.2, 0.25) is 0 Å². The molecule has 2 aromatic rings. The summed E-state index contributed by atoms with van der Waals surface area (Å²) in [4.78, 5) is 28.1. The highest BCUT2D eigenvalue weighted by Crippen LogP contribution is 2.55. The van der Waals surface area contributed by atoms with Gasteiger partial charge in [-0.1, -0.05) is 13.0 Å². The first-order chi connectivity index (χ1) is 15.7. The Balaban J connectivity index is 2.18. The molecular weight excluding hydrogens is 469 g/mol. The highest BCUT2D eigenvalue weighted by molar-refractivity contribution is 5.91. The molecule has 3 rings (SSSR count). The average Bonchev–Trinajstić information content (AvgIpc) is 3.03.